The molecule has 0 N–H and O–H groups in total. The Morgan fingerprint density at radius 1 is 1.19 bits per heavy atom. The minimum atomic E-state index is -2.98. The number of halogens is 4. The minimum Gasteiger partial charge on any atom is -0.250 e. The number of aromatic nitrogens is 2. The van der Waals surface area contributed by atoms with E-state index in [1.165, 1.54) is 6.20 Å². The summed E-state index contributed by atoms with van der Waals surface area (Å²) in [4.78, 5) is 3.92. The Morgan fingerprint density at radius 3 is 2.38 bits per heavy atom. The van der Waals surface area contributed by atoms with Crippen LogP contribution in [0.1, 0.15) is 0 Å². The second-order valence-electron chi connectivity index (χ2n) is 3.08. The van der Waals surface area contributed by atoms with Gasteiger partial charge in [0, 0.05) is 50.7 Å². The van der Waals surface area contributed by atoms with E-state index in [9.17, 15) is 8.78 Å². The Kier molecular flexibility index (Phi) is 3.48. The second kappa shape index (κ2) is 4.55. The van der Waals surface area contributed by atoms with Crippen LogP contribution in [0.5, 0.6) is 0 Å². The highest BCUT2D eigenvalue weighted by molar-refractivity contribution is 14.1. The standard InChI is InChI=1S/C10H6F2I2N2/c11-10(12,14)16-8(6-15-9(16)13)7-4-2-1-3-5-7/h1-6H. The third kappa shape index (κ3) is 2.36. The maximum Gasteiger partial charge on any atom is 0.382 e. The molecule has 0 spiro atoms. The van der Waals surface area contributed by atoms with Crippen LogP contribution in [0.2, 0.25) is 0 Å². The molecule has 0 saturated heterocycles. The van der Waals surface area contributed by atoms with Gasteiger partial charge in [-0.15, -0.1) is 0 Å². The molecule has 1 aromatic heterocycles. The Hall–Kier alpha value is -0.250. The molecule has 0 fully saturated rings. The number of rotatable bonds is 2. The summed E-state index contributed by atoms with van der Waals surface area (Å²) in [5.74, 6) is 0. The third-order valence-electron chi connectivity index (χ3n) is 2.04. The van der Waals surface area contributed by atoms with Crippen molar-refractivity contribution >= 4 is 45.2 Å². The van der Waals surface area contributed by atoms with Gasteiger partial charge >= 0.3 is 4.05 Å². The number of alkyl halides is 3. The van der Waals surface area contributed by atoms with Crippen LogP contribution < -0.4 is 0 Å². The lowest BCUT2D eigenvalue weighted by molar-refractivity contribution is 0.0450. The van der Waals surface area contributed by atoms with Gasteiger partial charge in [-0.25, -0.2) is 4.98 Å². The van der Waals surface area contributed by atoms with E-state index in [0.717, 1.165) is 32.7 Å². The normalized spacial score (nSPS) is 11.8. The number of hydrogen-bond donors (Lipinski definition) is 0. The molecule has 16 heavy (non-hydrogen) atoms. The van der Waals surface area contributed by atoms with Gasteiger partial charge in [0.25, 0.3) is 0 Å². The molecule has 0 atom stereocenters. The van der Waals surface area contributed by atoms with E-state index in [1.807, 2.05) is 18.2 Å². The molecule has 2 nitrogen and oxygen atoms in total. The molecule has 6 heteroatoms. The van der Waals surface area contributed by atoms with Gasteiger partial charge in [-0.3, -0.25) is 4.57 Å². The van der Waals surface area contributed by atoms with Crippen molar-refractivity contribution in [3.8, 4) is 11.3 Å². The SMILES string of the molecule is FC(F)(I)n1c(-c2ccccc2)cnc1I. The highest BCUT2D eigenvalue weighted by Gasteiger charge is 2.31. The second-order valence-corrected chi connectivity index (χ2v) is 5.34. The van der Waals surface area contributed by atoms with E-state index in [0.29, 0.717) is 5.69 Å². The minimum absolute atomic E-state index is 0.274. The van der Waals surface area contributed by atoms with Crippen molar-refractivity contribution in [2.45, 2.75) is 4.05 Å². The molecule has 0 radical (unpaired) electrons. The van der Waals surface area contributed by atoms with Crippen LogP contribution in [0.15, 0.2) is 36.5 Å². The molecule has 2 aromatic rings. The molecule has 0 aliphatic carbocycles. The van der Waals surface area contributed by atoms with Gasteiger partial charge in [-0.1, -0.05) is 30.3 Å². The lowest BCUT2D eigenvalue weighted by Crippen LogP contribution is -2.17. The van der Waals surface area contributed by atoms with Gasteiger partial charge in [-0.05, 0) is 0 Å². The van der Waals surface area contributed by atoms with Crippen LogP contribution in [0.4, 0.5) is 8.78 Å². The fraction of sp³-hybridized carbons (Fsp3) is 0.100. The van der Waals surface area contributed by atoms with Gasteiger partial charge in [0.2, 0.25) is 0 Å². The van der Waals surface area contributed by atoms with Gasteiger partial charge in [-0.2, -0.15) is 8.78 Å². The van der Waals surface area contributed by atoms with Crippen LogP contribution in [0.3, 0.4) is 0 Å². The molecule has 2 rings (SSSR count). The van der Waals surface area contributed by atoms with Gasteiger partial charge in [0.05, 0.1) is 11.9 Å². The van der Waals surface area contributed by atoms with Crippen molar-refractivity contribution in [1.82, 2.24) is 9.55 Å². The van der Waals surface area contributed by atoms with Crippen molar-refractivity contribution in [2.75, 3.05) is 0 Å². The molecule has 1 heterocycles. The first-order valence-electron chi connectivity index (χ1n) is 4.36. The highest BCUT2D eigenvalue weighted by atomic mass is 127. The van der Waals surface area contributed by atoms with E-state index < -0.39 is 4.05 Å². The first-order valence-corrected chi connectivity index (χ1v) is 6.52. The summed E-state index contributed by atoms with van der Waals surface area (Å²) in [6.45, 7) is 0. The first-order chi connectivity index (χ1) is 7.50. The third-order valence-corrected chi connectivity index (χ3v) is 3.29. The largest absolute Gasteiger partial charge is 0.382 e. The summed E-state index contributed by atoms with van der Waals surface area (Å²) >= 11 is 2.90. The number of hydrogen-bond acceptors (Lipinski definition) is 1. The van der Waals surface area contributed by atoms with Gasteiger partial charge < -0.3 is 0 Å². The van der Waals surface area contributed by atoms with Crippen molar-refractivity contribution in [3.05, 3.63) is 40.4 Å². The summed E-state index contributed by atoms with van der Waals surface area (Å²) in [6.07, 6.45) is 1.46. The summed E-state index contributed by atoms with van der Waals surface area (Å²) in [5.41, 5.74) is 1.15. The fourth-order valence-corrected chi connectivity index (χ4v) is 3.04. The molecular weight excluding hydrogens is 440 g/mol. The van der Waals surface area contributed by atoms with E-state index in [1.54, 1.807) is 34.7 Å². The summed E-state index contributed by atoms with van der Waals surface area (Å²) < 4.78 is 25.0. The van der Waals surface area contributed by atoms with Crippen LogP contribution >= 0.6 is 45.2 Å². The lowest BCUT2D eigenvalue weighted by Gasteiger charge is -2.14. The topological polar surface area (TPSA) is 17.8 Å². The van der Waals surface area contributed by atoms with E-state index in [4.69, 9.17) is 0 Å². The number of benzene rings is 1. The predicted octanol–water partition coefficient (Wildman–Crippen LogP) is 4.10. The monoisotopic (exact) mass is 446 g/mol. The summed E-state index contributed by atoms with van der Waals surface area (Å²) in [5, 5.41) is 0. The smallest absolute Gasteiger partial charge is 0.250 e. The fourth-order valence-electron chi connectivity index (χ4n) is 1.38. The molecule has 1 aromatic carbocycles. The number of nitrogens with zero attached hydrogens (tertiary/aromatic N) is 2. The van der Waals surface area contributed by atoms with E-state index >= 15 is 0 Å². The maximum atomic E-state index is 13.4. The van der Waals surface area contributed by atoms with Crippen LogP contribution in [-0.4, -0.2) is 9.55 Å². The van der Waals surface area contributed by atoms with Crippen molar-refractivity contribution in [3.63, 3.8) is 0 Å². The average Bonchev–Trinajstić information content (AvgIpc) is 2.61. The molecule has 0 saturated carbocycles. The zero-order chi connectivity index (χ0) is 11.8. The zero-order valence-corrected chi connectivity index (χ0v) is 12.2. The van der Waals surface area contributed by atoms with Gasteiger partial charge in [0.15, 0.2) is 3.83 Å². The Labute approximate surface area is 118 Å². The predicted molar refractivity (Wildman–Crippen MR) is 74.6 cm³/mol. The highest BCUT2D eigenvalue weighted by Crippen LogP contribution is 2.36. The van der Waals surface area contributed by atoms with E-state index in [2.05, 4.69) is 4.98 Å². The molecule has 0 aliphatic heterocycles. The zero-order valence-electron chi connectivity index (χ0n) is 7.87. The quantitative estimate of drug-likeness (QED) is 0.502. The van der Waals surface area contributed by atoms with Gasteiger partial charge in [0.1, 0.15) is 0 Å². The molecule has 0 bridgehead atoms. The summed E-state index contributed by atoms with van der Waals surface area (Å²) in [7, 11) is 0. The average molecular weight is 446 g/mol. The van der Waals surface area contributed by atoms with Crippen molar-refractivity contribution in [2.24, 2.45) is 0 Å². The Morgan fingerprint density at radius 2 is 1.81 bits per heavy atom. The molecule has 0 aliphatic rings. The Bertz CT molecular complexity index is 491. The molecular formula is C10H6F2I2N2. The maximum absolute atomic E-state index is 13.4. The van der Waals surface area contributed by atoms with E-state index in [-0.39, 0.29) is 3.83 Å². The molecule has 0 unspecified atom stereocenters. The first kappa shape index (κ1) is 12.2. The molecule has 0 amide bonds. The van der Waals surface area contributed by atoms with Crippen LogP contribution in [0, 0.1) is 3.83 Å². The van der Waals surface area contributed by atoms with Crippen LogP contribution in [-0.2, 0) is 4.05 Å². The van der Waals surface area contributed by atoms with Crippen molar-refractivity contribution in [1.29, 1.82) is 0 Å². The number of imidazole rings is 1. The Balaban J connectivity index is 2.60. The summed E-state index contributed by atoms with van der Waals surface area (Å²) in [6, 6.07) is 9.03. The van der Waals surface area contributed by atoms with Crippen molar-refractivity contribution < 1.29 is 8.78 Å². The lowest BCUT2D eigenvalue weighted by atomic mass is 10.2. The van der Waals surface area contributed by atoms with Crippen LogP contribution in [0.25, 0.3) is 11.3 Å². The molecule has 84 valence electrons.